The SMILES string of the molecule is N#C[C@@H]1CCC[C@H]1NC(=O)O[C@@H]1CCN(c2cn[nH]c(=O)c2Cl)C1. The highest BCUT2D eigenvalue weighted by atomic mass is 35.5. The molecule has 9 heteroatoms. The molecule has 1 saturated heterocycles. The van der Waals surface area contributed by atoms with Crippen LogP contribution >= 0.6 is 11.6 Å². The number of ether oxygens (including phenoxy) is 1. The predicted molar refractivity (Wildman–Crippen MR) is 86.8 cm³/mol. The third-order valence-corrected chi connectivity index (χ3v) is 4.89. The van der Waals surface area contributed by atoms with Crippen molar-refractivity contribution in [2.24, 2.45) is 5.92 Å². The second-order valence-corrected chi connectivity index (χ2v) is 6.46. The zero-order chi connectivity index (χ0) is 17.1. The molecule has 0 spiro atoms. The summed E-state index contributed by atoms with van der Waals surface area (Å²) in [6, 6.07) is 2.09. The van der Waals surface area contributed by atoms with Crippen LogP contribution in [0.2, 0.25) is 5.02 Å². The van der Waals surface area contributed by atoms with Gasteiger partial charge in [-0.05, 0) is 19.3 Å². The minimum atomic E-state index is -0.496. The van der Waals surface area contributed by atoms with Crippen molar-refractivity contribution >= 4 is 23.4 Å². The van der Waals surface area contributed by atoms with E-state index in [2.05, 4.69) is 21.6 Å². The Balaban J connectivity index is 1.54. The number of aromatic amines is 1. The third kappa shape index (κ3) is 3.46. The lowest BCUT2D eigenvalue weighted by Gasteiger charge is -2.20. The molecule has 1 aliphatic heterocycles. The van der Waals surface area contributed by atoms with Crippen molar-refractivity contribution in [1.82, 2.24) is 15.5 Å². The van der Waals surface area contributed by atoms with Crippen molar-refractivity contribution in [3.05, 3.63) is 21.6 Å². The first-order chi connectivity index (χ1) is 11.6. The van der Waals surface area contributed by atoms with Crippen LogP contribution in [-0.2, 0) is 4.74 Å². The number of carbonyl (C=O) groups is 1. The van der Waals surface area contributed by atoms with Crippen molar-refractivity contribution in [2.75, 3.05) is 18.0 Å². The first-order valence-corrected chi connectivity index (χ1v) is 8.31. The molecular formula is C15H18ClN5O3. The number of nitrogens with zero attached hydrogens (tertiary/aromatic N) is 3. The van der Waals surface area contributed by atoms with Crippen LogP contribution in [0.5, 0.6) is 0 Å². The zero-order valence-electron chi connectivity index (χ0n) is 13.0. The molecule has 3 rings (SSSR count). The molecule has 8 nitrogen and oxygen atoms in total. The van der Waals surface area contributed by atoms with Crippen LogP contribution in [0.4, 0.5) is 10.5 Å². The van der Waals surface area contributed by atoms with Crippen molar-refractivity contribution in [3.8, 4) is 6.07 Å². The van der Waals surface area contributed by atoms with Gasteiger partial charge in [0.25, 0.3) is 5.56 Å². The average molecular weight is 352 g/mol. The number of amides is 1. The van der Waals surface area contributed by atoms with E-state index in [4.69, 9.17) is 21.6 Å². The van der Waals surface area contributed by atoms with Gasteiger partial charge in [-0.15, -0.1) is 0 Å². The first-order valence-electron chi connectivity index (χ1n) is 7.93. The van der Waals surface area contributed by atoms with Gasteiger partial charge in [0.1, 0.15) is 11.1 Å². The molecule has 2 aliphatic rings. The molecule has 1 aromatic heterocycles. The Morgan fingerprint density at radius 1 is 1.50 bits per heavy atom. The van der Waals surface area contributed by atoms with E-state index in [1.54, 1.807) is 0 Å². The number of rotatable bonds is 3. The summed E-state index contributed by atoms with van der Waals surface area (Å²) in [4.78, 5) is 25.4. The highest BCUT2D eigenvalue weighted by Crippen LogP contribution is 2.27. The lowest BCUT2D eigenvalue weighted by molar-refractivity contribution is 0.104. The fourth-order valence-corrected chi connectivity index (χ4v) is 3.47. The molecule has 3 atom stereocenters. The smallest absolute Gasteiger partial charge is 0.407 e. The standard InChI is InChI=1S/C15H18ClN5O3/c16-13-12(7-18-20-14(13)22)21-5-4-10(8-21)24-15(23)19-11-3-1-2-9(11)6-17/h7,9-11H,1-5,8H2,(H,19,23)(H,20,22)/t9-,10+,11+/m0/s1. The van der Waals surface area contributed by atoms with Gasteiger partial charge in [-0.25, -0.2) is 9.89 Å². The Bertz CT molecular complexity index is 716. The number of carbonyl (C=O) groups excluding carboxylic acids is 1. The maximum Gasteiger partial charge on any atom is 0.407 e. The number of anilines is 1. The lowest BCUT2D eigenvalue weighted by Crippen LogP contribution is -2.39. The molecular weight excluding hydrogens is 334 g/mol. The molecule has 1 aliphatic carbocycles. The highest BCUT2D eigenvalue weighted by molar-refractivity contribution is 6.33. The largest absolute Gasteiger partial charge is 0.444 e. The topological polar surface area (TPSA) is 111 Å². The van der Waals surface area contributed by atoms with Crippen molar-refractivity contribution in [2.45, 2.75) is 37.8 Å². The van der Waals surface area contributed by atoms with E-state index in [9.17, 15) is 9.59 Å². The maximum atomic E-state index is 12.0. The number of aromatic nitrogens is 2. The Morgan fingerprint density at radius 2 is 2.33 bits per heavy atom. The van der Waals surface area contributed by atoms with E-state index in [1.165, 1.54) is 6.20 Å². The zero-order valence-corrected chi connectivity index (χ0v) is 13.8. The highest BCUT2D eigenvalue weighted by Gasteiger charge is 2.31. The number of hydrogen-bond donors (Lipinski definition) is 2. The number of nitriles is 1. The molecule has 128 valence electrons. The van der Waals surface area contributed by atoms with Gasteiger partial charge >= 0.3 is 6.09 Å². The average Bonchev–Trinajstić information content (AvgIpc) is 3.19. The van der Waals surface area contributed by atoms with Crippen LogP contribution in [0.1, 0.15) is 25.7 Å². The maximum absolute atomic E-state index is 12.0. The summed E-state index contributed by atoms with van der Waals surface area (Å²) in [7, 11) is 0. The van der Waals surface area contributed by atoms with Gasteiger partial charge in [0.15, 0.2) is 0 Å². The molecule has 0 aromatic carbocycles. The Labute approximate surface area is 143 Å². The molecule has 2 heterocycles. The summed E-state index contributed by atoms with van der Waals surface area (Å²) in [5.41, 5.74) is 0.0901. The summed E-state index contributed by atoms with van der Waals surface area (Å²) < 4.78 is 5.44. The third-order valence-electron chi connectivity index (χ3n) is 4.52. The van der Waals surface area contributed by atoms with Crippen LogP contribution < -0.4 is 15.8 Å². The molecule has 0 unspecified atom stereocenters. The summed E-state index contributed by atoms with van der Waals surface area (Å²) >= 11 is 6.00. The number of halogens is 1. The summed E-state index contributed by atoms with van der Waals surface area (Å²) in [6.07, 6.45) is 3.90. The van der Waals surface area contributed by atoms with Crippen LogP contribution in [0.15, 0.2) is 11.0 Å². The van der Waals surface area contributed by atoms with Crippen LogP contribution in [-0.4, -0.2) is 41.5 Å². The van der Waals surface area contributed by atoms with Crippen LogP contribution in [0.25, 0.3) is 0 Å². The van der Waals surface area contributed by atoms with Gasteiger partial charge in [0, 0.05) is 19.0 Å². The van der Waals surface area contributed by atoms with Crippen molar-refractivity contribution < 1.29 is 9.53 Å². The Hall–Kier alpha value is -2.27. The molecule has 1 amide bonds. The second-order valence-electron chi connectivity index (χ2n) is 6.08. The minimum Gasteiger partial charge on any atom is -0.444 e. The van der Waals surface area contributed by atoms with E-state index < -0.39 is 11.7 Å². The number of H-pyrrole nitrogens is 1. The van der Waals surface area contributed by atoms with Gasteiger partial charge in [0.2, 0.25) is 0 Å². The number of nitrogens with one attached hydrogen (secondary N) is 2. The normalized spacial score (nSPS) is 26.2. The molecule has 24 heavy (non-hydrogen) atoms. The number of alkyl carbamates (subject to hydrolysis) is 1. The fourth-order valence-electron chi connectivity index (χ4n) is 3.26. The quantitative estimate of drug-likeness (QED) is 0.851. The Morgan fingerprint density at radius 3 is 3.12 bits per heavy atom. The summed E-state index contributed by atoms with van der Waals surface area (Å²) in [6.45, 7) is 1.07. The molecule has 0 bridgehead atoms. The molecule has 2 N–H and O–H groups in total. The van der Waals surface area contributed by atoms with Gasteiger partial charge in [-0.3, -0.25) is 4.79 Å². The minimum absolute atomic E-state index is 0.0814. The lowest BCUT2D eigenvalue weighted by atomic mass is 10.1. The second kappa shape index (κ2) is 7.09. The molecule has 1 aromatic rings. The van der Waals surface area contributed by atoms with Crippen molar-refractivity contribution in [3.63, 3.8) is 0 Å². The van der Waals surface area contributed by atoms with Crippen molar-refractivity contribution in [1.29, 1.82) is 5.26 Å². The van der Waals surface area contributed by atoms with E-state index in [1.807, 2.05) is 4.90 Å². The Kier molecular flexibility index (Phi) is 4.90. The van der Waals surface area contributed by atoms with E-state index >= 15 is 0 Å². The molecule has 1 saturated carbocycles. The summed E-state index contributed by atoms with van der Waals surface area (Å²) in [5, 5.41) is 17.9. The van der Waals surface area contributed by atoms with E-state index in [-0.39, 0.29) is 23.1 Å². The van der Waals surface area contributed by atoms with Gasteiger partial charge in [-0.2, -0.15) is 10.4 Å². The molecule has 2 fully saturated rings. The van der Waals surface area contributed by atoms with E-state index in [0.29, 0.717) is 25.2 Å². The van der Waals surface area contributed by atoms with Crippen LogP contribution in [0.3, 0.4) is 0 Å². The van der Waals surface area contributed by atoms with E-state index in [0.717, 1.165) is 19.3 Å². The summed E-state index contributed by atoms with van der Waals surface area (Å²) in [5.74, 6) is -0.140. The van der Waals surface area contributed by atoms with Crippen LogP contribution in [0, 0.1) is 17.2 Å². The van der Waals surface area contributed by atoms with Gasteiger partial charge in [-0.1, -0.05) is 11.6 Å². The van der Waals surface area contributed by atoms with Gasteiger partial charge in [0.05, 0.1) is 30.4 Å². The monoisotopic (exact) mass is 351 g/mol. The first kappa shape index (κ1) is 16.6. The van der Waals surface area contributed by atoms with Gasteiger partial charge < -0.3 is 15.0 Å². The number of hydrogen-bond acceptors (Lipinski definition) is 6. The predicted octanol–water partition coefficient (Wildman–Crippen LogP) is 1.42. The molecule has 0 radical (unpaired) electrons. The fraction of sp³-hybridized carbons (Fsp3) is 0.600.